The van der Waals surface area contributed by atoms with Gasteiger partial charge in [0.15, 0.2) is 0 Å². The summed E-state index contributed by atoms with van der Waals surface area (Å²) in [6.45, 7) is -1.42. The fourth-order valence-corrected chi connectivity index (χ4v) is 4.11. The summed E-state index contributed by atoms with van der Waals surface area (Å²) in [5, 5.41) is 0. The van der Waals surface area contributed by atoms with Crippen molar-refractivity contribution in [2.75, 3.05) is 13.4 Å². The van der Waals surface area contributed by atoms with E-state index in [4.69, 9.17) is 0 Å². The van der Waals surface area contributed by atoms with E-state index < -0.39 is 106 Å². The Morgan fingerprint density at radius 2 is 1.11 bits per heavy atom. The molecule has 1 aliphatic rings. The summed E-state index contributed by atoms with van der Waals surface area (Å²) in [5.41, 5.74) is -11.1. The predicted octanol–water partition coefficient (Wildman–Crippen LogP) is 6.73. The summed E-state index contributed by atoms with van der Waals surface area (Å²) in [6.07, 6.45) is -32.2. The second-order valence-electron chi connectivity index (χ2n) is 8.06. The van der Waals surface area contributed by atoms with E-state index in [1.165, 1.54) is 0 Å². The van der Waals surface area contributed by atoms with Crippen LogP contribution in [0.3, 0.4) is 0 Å². The molecule has 36 heavy (non-hydrogen) atoms. The highest BCUT2D eigenvalue weighted by Crippen LogP contribution is 2.60. The lowest BCUT2D eigenvalue weighted by atomic mass is 9.66. The molecule has 1 saturated carbocycles. The van der Waals surface area contributed by atoms with Gasteiger partial charge < -0.3 is 14.2 Å². The van der Waals surface area contributed by atoms with Crippen molar-refractivity contribution in [3.05, 3.63) is 0 Å². The van der Waals surface area contributed by atoms with Crippen LogP contribution in [0.2, 0.25) is 0 Å². The van der Waals surface area contributed by atoms with Crippen LogP contribution in [0.25, 0.3) is 0 Å². The van der Waals surface area contributed by atoms with Crippen LogP contribution in [-0.2, 0) is 19.0 Å². The first-order valence-corrected chi connectivity index (χ1v) is 10.00. The van der Waals surface area contributed by atoms with Crippen molar-refractivity contribution >= 4 is 5.97 Å². The third kappa shape index (κ3) is 5.93. The van der Waals surface area contributed by atoms with Gasteiger partial charge in [0.05, 0.1) is 0 Å². The van der Waals surface area contributed by atoms with Crippen LogP contribution in [0.1, 0.15) is 39.5 Å². The lowest BCUT2D eigenvalue weighted by Crippen LogP contribution is -2.68. The fraction of sp³-hybridized carbons (Fsp3) is 0.944. The maximum atomic E-state index is 13.8. The number of hydrogen-bond acceptors (Lipinski definition) is 4. The van der Waals surface area contributed by atoms with E-state index in [1.54, 1.807) is 0 Å². The van der Waals surface area contributed by atoms with E-state index in [2.05, 4.69) is 14.2 Å². The highest BCUT2D eigenvalue weighted by atomic mass is 19.4. The van der Waals surface area contributed by atoms with Crippen molar-refractivity contribution in [3.63, 3.8) is 0 Å². The van der Waals surface area contributed by atoms with Gasteiger partial charge in [-0.25, -0.2) is 4.79 Å². The van der Waals surface area contributed by atoms with Crippen molar-refractivity contribution in [2.45, 2.75) is 81.4 Å². The predicted molar refractivity (Wildman–Crippen MR) is 89.4 cm³/mol. The number of carbonyl (C=O) groups excluding carboxylic acids is 1. The lowest BCUT2D eigenvalue weighted by Gasteiger charge is -2.49. The van der Waals surface area contributed by atoms with E-state index in [0.29, 0.717) is 0 Å². The Morgan fingerprint density at radius 1 is 0.722 bits per heavy atom. The molecule has 0 aliphatic heterocycles. The van der Waals surface area contributed by atoms with Gasteiger partial charge in [-0.1, -0.05) is 6.42 Å². The largest absolute Gasteiger partial charge is 0.437 e. The van der Waals surface area contributed by atoms with Gasteiger partial charge in [-0.2, -0.15) is 61.5 Å². The van der Waals surface area contributed by atoms with Gasteiger partial charge in [0.1, 0.15) is 6.79 Å². The maximum Gasteiger partial charge on any atom is 0.437 e. The average molecular weight is 566 g/mol. The highest BCUT2D eigenvalue weighted by Gasteiger charge is 2.81. The van der Waals surface area contributed by atoms with E-state index in [9.17, 15) is 66.3 Å². The molecule has 1 aliphatic carbocycles. The number of halogens is 14. The van der Waals surface area contributed by atoms with Gasteiger partial charge in [0.2, 0.25) is 0 Å². The molecule has 18 heteroatoms. The van der Waals surface area contributed by atoms with E-state index in [-0.39, 0.29) is 0 Å². The number of hydrogen-bond donors (Lipinski definition) is 0. The van der Waals surface area contributed by atoms with Gasteiger partial charge in [-0.3, -0.25) is 0 Å². The molecule has 0 N–H and O–H groups in total. The van der Waals surface area contributed by atoms with Crippen LogP contribution in [0.5, 0.6) is 0 Å². The summed E-state index contributed by atoms with van der Waals surface area (Å²) < 4.78 is 204. The second kappa shape index (κ2) is 10.3. The molecule has 1 fully saturated rings. The number of carbonyl (C=O) groups is 1. The topological polar surface area (TPSA) is 44.8 Å². The van der Waals surface area contributed by atoms with Gasteiger partial charge in [0.25, 0.3) is 5.60 Å². The molecule has 0 bridgehead atoms. The van der Waals surface area contributed by atoms with E-state index in [0.717, 1.165) is 6.92 Å². The van der Waals surface area contributed by atoms with E-state index in [1.807, 2.05) is 0 Å². The van der Waals surface area contributed by atoms with Gasteiger partial charge in [-0.05, 0) is 26.2 Å². The number of esters is 1. The molecule has 0 spiro atoms. The summed E-state index contributed by atoms with van der Waals surface area (Å²) in [7, 11) is 0. The second-order valence-corrected chi connectivity index (χ2v) is 8.06. The fourth-order valence-electron chi connectivity index (χ4n) is 4.11. The zero-order valence-corrected chi connectivity index (χ0v) is 18.3. The molecule has 0 saturated heterocycles. The van der Waals surface area contributed by atoms with Crippen molar-refractivity contribution in [3.8, 4) is 0 Å². The molecule has 2 unspecified atom stereocenters. The van der Waals surface area contributed by atoms with Crippen LogP contribution >= 0.6 is 0 Å². The first-order valence-electron chi connectivity index (χ1n) is 10.00. The smallest absolute Gasteiger partial charge is 0.435 e. The Balaban J connectivity index is 3.76. The molecule has 0 amide bonds. The Morgan fingerprint density at radius 3 is 1.44 bits per heavy atom. The Kier molecular flexibility index (Phi) is 9.27. The summed E-state index contributed by atoms with van der Waals surface area (Å²) in [4.78, 5) is 11.4. The minimum atomic E-state index is -6.76. The van der Waals surface area contributed by atoms with E-state index >= 15 is 0 Å². The van der Waals surface area contributed by atoms with Crippen LogP contribution in [0.15, 0.2) is 0 Å². The SMILES string of the molecule is CCOCOC(C1CCCC(C(OC(=O)C(C)(F)F)(C(F)(F)F)C(F)(F)F)C1)(C(F)(F)F)C(F)(F)F. The van der Waals surface area contributed by atoms with Crippen molar-refractivity contribution < 1.29 is 80.5 Å². The molecule has 2 atom stereocenters. The van der Waals surface area contributed by atoms with Crippen LogP contribution in [0, 0.1) is 11.8 Å². The number of rotatable bonds is 8. The number of alkyl halides is 14. The third-order valence-corrected chi connectivity index (χ3v) is 5.69. The highest BCUT2D eigenvalue weighted by molar-refractivity contribution is 5.77. The first-order chi connectivity index (χ1) is 15.9. The average Bonchev–Trinajstić information content (AvgIpc) is 2.64. The van der Waals surface area contributed by atoms with Crippen molar-refractivity contribution in [1.82, 2.24) is 0 Å². The molecule has 0 aromatic rings. The Bertz CT molecular complexity index is 719. The summed E-state index contributed by atoms with van der Waals surface area (Å²) in [5.74, 6) is -14.7. The zero-order chi connectivity index (χ0) is 28.6. The maximum absolute atomic E-state index is 13.8. The Labute approximate surface area is 194 Å². The molecular weight excluding hydrogens is 546 g/mol. The minimum Gasteiger partial charge on any atom is -0.435 e. The standard InChI is InChI=1S/C18H20F14O4/c1-3-34-8-35-13(15(21,22)23,16(24,25)26)9-5-4-6-10(7-9)14(17(27,28)29,18(30,31)32)36-11(33)12(2,19)20/h9-10H,3-8H2,1-2H3. The van der Waals surface area contributed by atoms with Crippen LogP contribution < -0.4 is 0 Å². The molecule has 1 rings (SSSR count). The normalized spacial score (nSPS) is 21.4. The molecule has 0 aromatic carbocycles. The van der Waals surface area contributed by atoms with Gasteiger partial charge in [0, 0.05) is 25.4 Å². The van der Waals surface area contributed by atoms with Gasteiger partial charge in [-0.15, -0.1) is 0 Å². The van der Waals surface area contributed by atoms with Gasteiger partial charge >= 0.3 is 42.2 Å². The first kappa shape index (κ1) is 32.4. The molecule has 4 nitrogen and oxygen atoms in total. The lowest BCUT2D eigenvalue weighted by molar-refractivity contribution is -0.419. The molecule has 214 valence electrons. The number of ether oxygens (including phenoxy) is 3. The van der Waals surface area contributed by atoms with Crippen LogP contribution in [0.4, 0.5) is 61.5 Å². The molecule has 0 heterocycles. The summed E-state index contributed by atoms with van der Waals surface area (Å²) >= 11 is 0. The van der Waals surface area contributed by atoms with Crippen LogP contribution in [-0.4, -0.2) is 61.2 Å². The minimum absolute atomic E-state index is 0.406. The quantitative estimate of drug-likeness (QED) is 0.142. The molecular formula is C18H20F14O4. The Hall–Kier alpha value is -1.59. The van der Waals surface area contributed by atoms with Crippen molar-refractivity contribution in [1.29, 1.82) is 0 Å². The molecule has 0 radical (unpaired) electrons. The van der Waals surface area contributed by atoms with Crippen molar-refractivity contribution in [2.24, 2.45) is 11.8 Å². The zero-order valence-electron chi connectivity index (χ0n) is 18.3. The molecule has 0 aromatic heterocycles. The third-order valence-electron chi connectivity index (χ3n) is 5.69. The monoisotopic (exact) mass is 566 g/mol. The summed E-state index contributed by atoms with van der Waals surface area (Å²) in [6, 6.07) is 0.